The summed E-state index contributed by atoms with van der Waals surface area (Å²) in [5.74, 6) is 3.14. The normalized spacial score (nSPS) is 16.5. The number of methoxy groups -OCH3 is 1. The largest absolute Gasteiger partial charge is 0.474 e. The standard InChI is InChI=1S/C13H20N2O2S/c1-16-7-8-17-13-12(3-2-6-14-13)15-11-4-9-18-10-5-11/h2-3,6,11,15H,4-5,7-10H2,1H3. The van der Waals surface area contributed by atoms with Gasteiger partial charge < -0.3 is 14.8 Å². The maximum Gasteiger partial charge on any atom is 0.237 e. The minimum Gasteiger partial charge on any atom is -0.474 e. The number of ether oxygens (including phenoxy) is 2. The Hall–Kier alpha value is -0.940. The van der Waals surface area contributed by atoms with Gasteiger partial charge in [0.05, 0.1) is 12.3 Å². The number of hydrogen-bond acceptors (Lipinski definition) is 5. The Morgan fingerprint density at radius 1 is 1.39 bits per heavy atom. The van der Waals surface area contributed by atoms with Crippen LogP contribution in [-0.4, -0.2) is 42.9 Å². The fourth-order valence-electron chi connectivity index (χ4n) is 1.90. The van der Waals surface area contributed by atoms with Gasteiger partial charge in [-0.25, -0.2) is 4.98 Å². The van der Waals surface area contributed by atoms with E-state index in [9.17, 15) is 0 Å². The molecule has 18 heavy (non-hydrogen) atoms. The molecule has 1 aliphatic heterocycles. The number of aromatic nitrogens is 1. The molecule has 0 aromatic carbocycles. The number of nitrogens with one attached hydrogen (secondary N) is 1. The fourth-order valence-corrected chi connectivity index (χ4v) is 3.01. The molecule has 5 heteroatoms. The lowest BCUT2D eigenvalue weighted by atomic mass is 10.1. The zero-order valence-electron chi connectivity index (χ0n) is 10.7. The molecule has 1 fully saturated rings. The highest BCUT2D eigenvalue weighted by atomic mass is 32.2. The minimum atomic E-state index is 0.530. The van der Waals surface area contributed by atoms with Gasteiger partial charge in [-0.15, -0.1) is 0 Å². The highest BCUT2D eigenvalue weighted by Crippen LogP contribution is 2.25. The monoisotopic (exact) mass is 268 g/mol. The molecule has 0 radical (unpaired) electrons. The van der Waals surface area contributed by atoms with Crippen LogP contribution in [0.5, 0.6) is 5.88 Å². The molecular formula is C13H20N2O2S. The van der Waals surface area contributed by atoms with Gasteiger partial charge in [0.25, 0.3) is 0 Å². The maximum atomic E-state index is 5.62. The Labute approximate surface area is 112 Å². The molecule has 1 aromatic heterocycles. The van der Waals surface area contributed by atoms with Crippen molar-refractivity contribution in [2.75, 3.05) is 37.1 Å². The second-order valence-electron chi connectivity index (χ2n) is 4.23. The summed E-state index contributed by atoms with van der Waals surface area (Å²) in [6, 6.07) is 4.50. The molecule has 2 heterocycles. The zero-order chi connectivity index (χ0) is 12.6. The van der Waals surface area contributed by atoms with Crippen LogP contribution >= 0.6 is 11.8 Å². The quantitative estimate of drug-likeness (QED) is 0.803. The Morgan fingerprint density at radius 3 is 3.00 bits per heavy atom. The summed E-state index contributed by atoms with van der Waals surface area (Å²) >= 11 is 2.03. The average molecular weight is 268 g/mol. The highest BCUT2D eigenvalue weighted by molar-refractivity contribution is 7.99. The van der Waals surface area contributed by atoms with Crippen molar-refractivity contribution in [1.29, 1.82) is 0 Å². The van der Waals surface area contributed by atoms with E-state index < -0.39 is 0 Å². The number of thioether (sulfide) groups is 1. The van der Waals surface area contributed by atoms with E-state index in [1.54, 1.807) is 13.3 Å². The lowest BCUT2D eigenvalue weighted by Crippen LogP contribution is -2.25. The van der Waals surface area contributed by atoms with Crippen molar-refractivity contribution in [3.63, 3.8) is 0 Å². The topological polar surface area (TPSA) is 43.4 Å². The molecular weight excluding hydrogens is 248 g/mol. The number of anilines is 1. The molecule has 4 nitrogen and oxygen atoms in total. The first-order valence-corrected chi connectivity index (χ1v) is 7.46. The van der Waals surface area contributed by atoms with Crippen molar-refractivity contribution < 1.29 is 9.47 Å². The van der Waals surface area contributed by atoms with Crippen molar-refractivity contribution in [3.05, 3.63) is 18.3 Å². The third-order valence-electron chi connectivity index (χ3n) is 2.88. The molecule has 0 aliphatic carbocycles. The zero-order valence-corrected chi connectivity index (χ0v) is 11.5. The van der Waals surface area contributed by atoms with Crippen LogP contribution < -0.4 is 10.1 Å². The number of nitrogens with zero attached hydrogens (tertiary/aromatic N) is 1. The molecule has 2 rings (SSSR count). The van der Waals surface area contributed by atoms with E-state index in [0.717, 1.165) is 5.69 Å². The fraction of sp³-hybridized carbons (Fsp3) is 0.615. The van der Waals surface area contributed by atoms with Crippen molar-refractivity contribution in [1.82, 2.24) is 4.98 Å². The molecule has 100 valence electrons. The van der Waals surface area contributed by atoms with Crippen molar-refractivity contribution in [2.24, 2.45) is 0 Å². The molecule has 1 aromatic rings. The van der Waals surface area contributed by atoms with E-state index in [0.29, 0.717) is 25.1 Å². The molecule has 0 atom stereocenters. The van der Waals surface area contributed by atoms with Gasteiger partial charge >= 0.3 is 0 Å². The maximum absolute atomic E-state index is 5.62. The summed E-state index contributed by atoms with van der Waals surface area (Å²) in [6.07, 6.45) is 4.16. The molecule has 0 saturated carbocycles. The summed E-state index contributed by atoms with van der Waals surface area (Å²) in [5, 5.41) is 3.53. The first-order valence-electron chi connectivity index (χ1n) is 6.31. The number of hydrogen-bond donors (Lipinski definition) is 1. The molecule has 1 N–H and O–H groups in total. The Kier molecular flexibility index (Phi) is 5.61. The predicted octanol–water partition coefficient (Wildman–Crippen LogP) is 2.41. The molecule has 0 unspecified atom stereocenters. The van der Waals surface area contributed by atoms with Gasteiger partial charge in [0.1, 0.15) is 6.61 Å². The molecule has 0 amide bonds. The van der Waals surface area contributed by atoms with Crippen molar-refractivity contribution in [2.45, 2.75) is 18.9 Å². The molecule has 0 spiro atoms. The van der Waals surface area contributed by atoms with Gasteiger partial charge in [-0.1, -0.05) is 0 Å². The third-order valence-corrected chi connectivity index (χ3v) is 3.93. The number of rotatable bonds is 6. The second kappa shape index (κ2) is 7.48. The van der Waals surface area contributed by atoms with E-state index in [4.69, 9.17) is 9.47 Å². The van der Waals surface area contributed by atoms with Gasteiger partial charge in [-0.2, -0.15) is 11.8 Å². The minimum absolute atomic E-state index is 0.530. The first kappa shape index (κ1) is 13.5. The van der Waals surface area contributed by atoms with Gasteiger partial charge in [0, 0.05) is 19.3 Å². The van der Waals surface area contributed by atoms with Crippen LogP contribution in [0.15, 0.2) is 18.3 Å². The summed E-state index contributed by atoms with van der Waals surface area (Å²) in [6.45, 7) is 1.11. The van der Waals surface area contributed by atoms with E-state index in [1.807, 2.05) is 23.9 Å². The van der Waals surface area contributed by atoms with E-state index >= 15 is 0 Å². The van der Waals surface area contributed by atoms with Crippen molar-refractivity contribution in [3.8, 4) is 5.88 Å². The Bertz CT molecular complexity index is 357. The van der Waals surface area contributed by atoms with Gasteiger partial charge in [-0.3, -0.25) is 0 Å². The summed E-state index contributed by atoms with van der Waals surface area (Å²) < 4.78 is 10.6. The lowest BCUT2D eigenvalue weighted by molar-refractivity contribution is 0.144. The lowest BCUT2D eigenvalue weighted by Gasteiger charge is -2.24. The van der Waals surface area contributed by atoms with Crippen LogP contribution in [0.3, 0.4) is 0 Å². The molecule has 1 aliphatic rings. The van der Waals surface area contributed by atoms with Crippen LogP contribution in [-0.2, 0) is 4.74 Å². The third kappa shape index (κ3) is 4.07. The highest BCUT2D eigenvalue weighted by Gasteiger charge is 2.15. The van der Waals surface area contributed by atoms with Crippen molar-refractivity contribution >= 4 is 17.4 Å². The van der Waals surface area contributed by atoms with Crippen LogP contribution in [0, 0.1) is 0 Å². The smallest absolute Gasteiger partial charge is 0.237 e. The van der Waals surface area contributed by atoms with Crippen LogP contribution in [0.4, 0.5) is 5.69 Å². The first-order chi connectivity index (χ1) is 8.90. The summed E-state index contributed by atoms with van der Waals surface area (Å²) in [5.41, 5.74) is 0.991. The van der Waals surface area contributed by atoms with Gasteiger partial charge in [-0.05, 0) is 36.5 Å². The second-order valence-corrected chi connectivity index (χ2v) is 5.45. The van der Waals surface area contributed by atoms with Crippen LogP contribution in [0.2, 0.25) is 0 Å². The van der Waals surface area contributed by atoms with Crippen LogP contribution in [0.25, 0.3) is 0 Å². The van der Waals surface area contributed by atoms with E-state index in [1.165, 1.54) is 24.3 Å². The van der Waals surface area contributed by atoms with E-state index in [2.05, 4.69) is 10.3 Å². The van der Waals surface area contributed by atoms with Gasteiger partial charge in [0.15, 0.2) is 0 Å². The number of pyridine rings is 1. The summed E-state index contributed by atoms with van der Waals surface area (Å²) in [4.78, 5) is 4.27. The van der Waals surface area contributed by atoms with Crippen LogP contribution in [0.1, 0.15) is 12.8 Å². The summed E-state index contributed by atoms with van der Waals surface area (Å²) in [7, 11) is 1.67. The molecule has 1 saturated heterocycles. The molecule has 0 bridgehead atoms. The Balaban J connectivity index is 1.93. The van der Waals surface area contributed by atoms with Gasteiger partial charge in [0.2, 0.25) is 5.88 Å². The SMILES string of the molecule is COCCOc1ncccc1NC1CCSCC1. The predicted molar refractivity (Wildman–Crippen MR) is 75.6 cm³/mol. The average Bonchev–Trinajstić information content (AvgIpc) is 2.42. The Morgan fingerprint density at radius 2 is 2.22 bits per heavy atom. The van der Waals surface area contributed by atoms with E-state index in [-0.39, 0.29) is 0 Å².